The smallest absolute Gasteiger partial charge is 0.241 e. The van der Waals surface area contributed by atoms with Crippen LogP contribution in [0.1, 0.15) is 45.2 Å². The van der Waals surface area contributed by atoms with Crippen molar-refractivity contribution in [2.75, 3.05) is 25.0 Å². The zero-order valence-corrected chi connectivity index (χ0v) is 19.6. The van der Waals surface area contributed by atoms with Crippen molar-refractivity contribution >= 4 is 22.9 Å². The van der Waals surface area contributed by atoms with E-state index in [1.54, 1.807) is 0 Å². The number of aromatic nitrogens is 4. The number of nitrogens with zero attached hydrogens (tertiary/aromatic N) is 6. The number of aryl methyl sites for hydroxylation is 1. The molecular formula is C25H32FN7. The van der Waals surface area contributed by atoms with Crippen molar-refractivity contribution in [2.24, 2.45) is 10.9 Å². The number of hydrogen-bond donors (Lipinski definition) is 1. The summed E-state index contributed by atoms with van der Waals surface area (Å²) in [5.74, 6) is 1.34. The molecule has 3 aromatic rings. The molecule has 33 heavy (non-hydrogen) atoms. The van der Waals surface area contributed by atoms with E-state index in [4.69, 9.17) is 4.98 Å². The van der Waals surface area contributed by atoms with E-state index < -0.39 is 6.17 Å². The van der Waals surface area contributed by atoms with Crippen molar-refractivity contribution in [3.63, 3.8) is 0 Å². The molecule has 1 aliphatic heterocycles. The van der Waals surface area contributed by atoms with Crippen LogP contribution in [-0.4, -0.2) is 62.0 Å². The largest absolute Gasteiger partial charge is 0.350 e. The molecule has 174 valence electrons. The summed E-state index contributed by atoms with van der Waals surface area (Å²) in [6, 6.07) is 6.44. The van der Waals surface area contributed by atoms with Crippen LogP contribution in [0.2, 0.25) is 0 Å². The molecule has 2 fully saturated rings. The van der Waals surface area contributed by atoms with Gasteiger partial charge in [0.25, 0.3) is 0 Å². The third-order valence-electron chi connectivity index (χ3n) is 6.70. The first kappa shape index (κ1) is 21.9. The second kappa shape index (κ2) is 9.17. The molecule has 0 radical (unpaired) electrons. The third kappa shape index (κ3) is 4.90. The summed E-state index contributed by atoms with van der Waals surface area (Å²) in [5, 5.41) is 8.21. The molecule has 1 saturated carbocycles. The van der Waals surface area contributed by atoms with Crippen LogP contribution in [0.25, 0.3) is 16.8 Å². The number of alkyl halides is 1. The Hall–Kier alpha value is -2.87. The molecule has 0 unspecified atom stereocenters. The van der Waals surface area contributed by atoms with Gasteiger partial charge in [0.05, 0.1) is 28.8 Å². The molecular weight excluding hydrogens is 417 g/mol. The minimum Gasteiger partial charge on any atom is -0.350 e. The van der Waals surface area contributed by atoms with Crippen molar-refractivity contribution in [2.45, 2.75) is 58.7 Å². The van der Waals surface area contributed by atoms with Crippen LogP contribution in [-0.2, 0) is 0 Å². The summed E-state index contributed by atoms with van der Waals surface area (Å²) in [6.45, 7) is 8.24. The fourth-order valence-electron chi connectivity index (χ4n) is 4.94. The number of likely N-dealkylation sites (tertiary alicyclic amines) is 1. The van der Waals surface area contributed by atoms with Gasteiger partial charge in [-0.05, 0) is 70.6 Å². The molecule has 1 aliphatic carbocycles. The minimum absolute atomic E-state index is 0.387. The zero-order valence-electron chi connectivity index (χ0n) is 19.6. The van der Waals surface area contributed by atoms with Crippen LogP contribution >= 0.6 is 0 Å². The van der Waals surface area contributed by atoms with E-state index in [1.807, 2.05) is 55.9 Å². The highest BCUT2D eigenvalue weighted by atomic mass is 19.1. The summed E-state index contributed by atoms with van der Waals surface area (Å²) in [7, 11) is 0. The van der Waals surface area contributed by atoms with Gasteiger partial charge in [-0.3, -0.25) is 14.9 Å². The highest BCUT2D eigenvalue weighted by Gasteiger charge is 2.30. The number of pyridine rings is 1. The zero-order chi connectivity index (χ0) is 22.9. The average molecular weight is 450 g/mol. The predicted molar refractivity (Wildman–Crippen MR) is 130 cm³/mol. The molecule has 1 saturated heterocycles. The number of nitrogens with one attached hydrogen (secondary N) is 1. The maximum Gasteiger partial charge on any atom is 0.241 e. The molecule has 8 heteroatoms. The standard InChI is InChI=1S/C25H32FN7/c1-16(2)28-22-8-9-23(29-17(22)3)21-10-11-33-24(21)12-27-25(31-33)30-20-6-4-18(5-7-20)13-32-14-19(26)15-32/h8-12,18-20H,4-7,13-15H2,1-3H3,(H,30,31). The second-order valence-electron chi connectivity index (χ2n) is 9.68. The van der Waals surface area contributed by atoms with Crippen molar-refractivity contribution in [1.29, 1.82) is 0 Å². The molecule has 3 aromatic heterocycles. The SMILES string of the molecule is CC(C)=Nc1ccc(-c2ccn3nc(NC4CCC(CN5CC(F)C5)CC4)ncc23)nc1C. The minimum atomic E-state index is -0.608. The molecule has 0 bridgehead atoms. The van der Waals surface area contributed by atoms with Crippen LogP contribution in [0, 0.1) is 12.8 Å². The van der Waals surface area contributed by atoms with Gasteiger partial charge in [-0.25, -0.2) is 13.9 Å². The quantitative estimate of drug-likeness (QED) is 0.546. The Labute approximate surface area is 194 Å². The van der Waals surface area contributed by atoms with Gasteiger partial charge in [0.1, 0.15) is 6.17 Å². The van der Waals surface area contributed by atoms with Crippen molar-refractivity contribution in [3.8, 4) is 11.3 Å². The Kier molecular flexibility index (Phi) is 6.10. The van der Waals surface area contributed by atoms with E-state index in [-0.39, 0.29) is 0 Å². The summed E-state index contributed by atoms with van der Waals surface area (Å²) in [5.41, 5.74) is 5.65. The lowest BCUT2D eigenvalue weighted by Gasteiger charge is -2.39. The Morgan fingerprint density at radius 3 is 2.64 bits per heavy atom. The topological polar surface area (TPSA) is 70.7 Å². The van der Waals surface area contributed by atoms with Crippen LogP contribution in [0.5, 0.6) is 0 Å². The normalized spacial score (nSPS) is 21.7. The van der Waals surface area contributed by atoms with Gasteiger partial charge >= 0.3 is 0 Å². The Bertz CT molecular complexity index is 1150. The first-order chi connectivity index (χ1) is 15.9. The van der Waals surface area contributed by atoms with Crippen LogP contribution in [0.15, 0.2) is 35.6 Å². The number of hydrogen-bond acceptors (Lipinski definition) is 6. The van der Waals surface area contributed by atoms with Gasteiger partial charge < -0.3 is 5.32 Å². The number of rotatable bonds is 6. The Balaban J connectivity index is 1.23. The van der Waals surface area contributed by atoms with Gasteiger partial charge in [-0.15, -0.1) is 5.10 Å². The highest BCUT2D eigenvalue weighted by Crippen LogP contribution is 2.29. The summed E-state index contributed by atoms with van der Waals surface area (Å²) >= 11 is 0. The third-order valence-corrected chi connectivity index (χ3v) is 6.70. The van der Waals surface area contributed by atoms with Crippen molar-refractivity contribution < 1.29 is 4.39 Å². The van der Waals surface area contributed by atoms with E-state index in [2.05, 4.69) is 25.3 Å². The number of fused-ring (bicyclic) bond motifs is 1. The van der Waals surface area contributed by atoms with E-state index in [0.717, 1.165) is 53.3 Å². The van der Waals surface area contributed by atoms with Crippen LogP contribution in [0.3, 0.4) is 0 Å². The molecule has 0 atom stereocenters. The molecule has 7 nitrogen and oxygen atoms in total. The predicted octanol–water partition coefficient (Wildman–Crippen LogP) is 4.84. The van der Waals surface area contributed by atoms with Crippen LogP contribution in [0.4, 0.5) is 16.0 Å². The van der Waals surface area contributed by atoms with E-state index in [0.29, 0.717) is 31.0 Å². The fourth-order valence-corrected chi connectivity index (χ4v) is 4.94. The van der Waals surface area contributed by atoms with E-state index in [1.165, 1.54) is 12.8 Å². The lowest BCUT2D eigenvalue weighted by atomic mass is 9.85. The number of anilines is 1. The fraction of sp³-hybridized carbons (Fsp3) is 0.520. The van der Waals surface area contributed by atoms with Gasteiger partial charge in [0.2, 0.25) is 5.95 Å². The molecule has 4 heterocycles. The van der Waals surface area contributed by atoms with Gasteiger partial charge in [0, 0.05) is 43.1 Å². The second-order valence-corrected chi connectivity index (χ2v) is 9.68. The number of halogens is 1. The molecule has 0 amide bonds. The van der Waals surface area contributed by atoms with Crippen molar-refractivity contribution in [1.82, 2.24) is 24.5 Å². The maximum atomic E-state index is 13.0. The van der Waals surface area contributed by atoms with Gasteiger partial charge in [0.15, 0.2) is 0 Å². The molecule has 1 N–H and O–H groups in total. The molecule has 0 aromatic carbocycles. The lowest BCUT2D eigenvalue weighted by molar-refractivity contribution is 0.0454. The molecule has 5 rings (SSSR count). The Morgan fingerprint density at radius 2 is 1.94 bits per heavy atom. The first-order valence-corrected chi connectivity index (χ1v) is 11.9. The monoisotopic (exact) mass is 449 g/mol. The summed E-state index contributed by atoms with van der Waals surface area (Å²) < 4.78 is 14.9. The van der Waals surface area contributed by atoms with E-state index >= 15 is 0 Å². The van der Waals surface area contributed by atoms with E-state index in [9.17, 15) is 4.39 Å². The van der Waals surface area contributed by atoms with Crippen molar-refractivity contribution in [3.05, 3.63) is 36.3 Å². The molecule has 2 aliphatic rings. The lowest BCUT2D eigenvalue weighted by Crippen LogP contribution is -2.50. The van der Waals surface area contributed by atoms with Gasteiger partial charge in [-0.1, -0.05) is 0 Å². The Morgan fingerprint density at radius 1 is 1.15 bits per heavy atom. The number of aliphatic imine (C=N–C) groups is 1. The maximum absolute atomic E-state index is 13.0. The first-order valence-electron chi connectivity index (χ1n) is 11.9. The summed E-state index contributed by atoms with van der Waals surface area (Å²) in [6.07, 6.45) is 7.76. The van der Waals surface area contributed by atoms with Gasteiger partial charge in [-0.2, -0.15) is 0 Å². The summed E-state index contributed by atoms with van der Waals surface area (Å²) in [4.78, 5) is 16.1. The molecule has 0 spiro atoms. The highest BCUT2D eigenvalue weighted by molar-refractivity contribution is 5.83. The average Bonchev–Trinajstić information content (AvgIpc) is 3.18. The van der Waals surface area contributed by atoms with Crippen LogP contribution < -0.4 is 5.32 Å².